The average Bonchev–Trinajstić information content (AvgIpc) is 3.07. The van der Waals surface area contributed by atoms with Gasteiger partial charge < -0.3 is 9.88 Å². The number of benzene rings is 1. The fourth-order valence-corrected chi connectivity index (χ4v) is 3.85. The molecule has 1 fully saturated rings. The molecule has 1 aromatic carbocycles. The molecule has 7 nitrogen and oxygen atoms in total. The van der Waals surface area contributed by atoms with Crippen molar-refractivity contribution in [2.45, 2.75) is 19.0 Å². The molecule has 2 amide bonds. The van der Waals surface area contributed by atoms with Crippen molar-refractivity contribution in [3.05, 3.63) is 65.6 Å². The molecule has 2 aliphatic heterocycles. The number of pyridine rings is 1. The molecule has 7 heteroatoms. The van der Waals surface area contributed by atoms with Gasteiger partial charge in [-0.25, -0.2) is 5.01 Å². The van der Waals surface area contributed by atoms with Gasteiger partial charge in [-0.1, -0.05) is 24.3 Å². The molecule has 5 rings (SSSR count). The maximum absolute atomic E-state index is 13.0. The van der Waals surface area contributed by atoms with E-state index in [1.807, 2.05) is 30.3 Å². The van der Waals surface area contributed by atoms with Crippen molar-refractivity contribution in [2.24, 2.45) is 5.10 Å². The molecule has 27 heavy (non-hydrogen) atoms. The molecule has 1 saturated heterocycles. The molecule has 4 heterocycles. The molecule has 2 aliphatic rings. The Kier molecular flexibility index (Phi) is 3.53. The molecular formula is C20H17N5O2. The van der Waals surface area contributed by atoms with Crippen molar-refractivity contribution in [2.75, 3.05) is 6.54 Å². The largest absolute Gasteiger partial charge is 0.357 e. The maximum atomic E-state index is 13.0. The summed E-state index contributed by atoms with van der Waals surface area (Å²) >= 11 is 0. The van der Waals surface area contributed by atoms with Crippen molar-refractivity contribution in [3.63, 3.8) is 0 Å². The van der Waals surface area contributed by atoms with Crippen LogP contribution in [0.25, 0.3) is 10.9 Å². The highest BCUT2D eigenvalue weighted by molar-refractivity contribution is 5.97. The fraction of sp³-hybridized carbons (Fsp3) is 0.200. The zero-order chi connectivity index (χ0) is 18.4. The minimum Gasteiger partial charge on any atom is -0.357 e. The summed E-state index contributed by atoms with van der Waals surface area (Å²) in [5.41, 5.74) is 3.95. The summed E-state index contributed by atoms with van der Waals surface area (Å²) in [5, 5.41) is 6.63. The predicted octanol–water partition coefficient (Wildman–Crippen LogP) is 1.69. The quantitative estimate of drug-likeness (QED) is 0.707. The summed E-state index contributed by atoms with van der Waals surface area (Å²) < 4.78 is 0. The molecule has 2 aromatic heterocycles. The Bertz CT molecular complexity index is 1070. The average molecular weight is 359 g/mol. The molecule has 0 spiro atoms. The molecule has 134 valence electrons. The Balaban J connectivity index is 1.46. The van der Waals surface area contributed by atoms with Crippen LogP contribution >= 0.6 is 0 Å². The maximum Gasteiger partial charge on any atom is 0.266 e. The number of hydrogen-bond donors (Lipinski definition) is 1. The molecule has 0 unspecified atom stereocenters. The highest BCUT2D eigenvalue weighted by Crippen LogP contribution is 2.32. The Hall–Kier alpha value is -3.48. The third-order valence-electron chi connectivity index (χ3n) is 5.18. The molecule has 1 atom stereocenters. The number of nitrogens with zero attached hydrogens (tertiary/aromatic N) is 4. The van der Waals surface area contributed by atoms with Crippen LogP contribution in [0.2, 0.25) is 0 Å². The first-order valence-corrected chi connectivity index (χ1v) is 8.84. The van der Waals surface area contributed by atoms with Crippen LogP contribution in [0.5, 0.6) is 0 Å². The van der Waals surface area contributed by atoms with Crippen molar-refractivity contribution in [1.29, 1.82) is 0 Å². The summed E-state index contributed by atoms with van der Waals surface area (Å²) in [7, 11) is 0. The van der Waals surface area contributed by atoms with E-state index in [0.717, 1.165) is 27.7 Å². The van der Waals surface area contributed by atoms with E-state index in [1.165, 1.54) is 5.01 Å². The van der Waals surface area contributed by atoms with Crippen LogP contribution in [0.4, 0.5) is 0 Å². The normalized spacial score (nSPS) is 19.6. The molecule has 0 radical (unpaired) electrons. The van der Waals surface area contributed by atoms with Gasteiger partial charge in [0.25, 0.3) is 5.91 Å². The number of carbonyl (C=O) groups excluding carboxylic acids is 2. The number of aromatic nitrogens is 2. The number of hydrazone groups is 1. The van der Waals surface area contributed by atoms with Gasteiger partial charge in [0.15, 0.2) is 0 Å². The van der Waals surface area contributed by atoms with Gasteiger partial charge >= 0.3 is 0 Å². The standard InChI is InChI=1S/C20H17N5O2/c26-19-12-25(22-10-13-4-3-7-21-9-13)20(27)18-8-15-14-5-1-2-6-16(14)23-17(15)11-24(18)19/h1-7,9-10,18,23H,8,11-12H2/b22-10+/t18-/m1/s1. The Morgan fingerprint density at radius 3 is 2.89 bits per heavy atom. The zero-order valence-corrected chi connectivity index (χ0v) is 14.5. The van der Waals surface area contributed by atoms with E-state index >= 15 is 0 Å². The van der Waals surface area contributed by atoms with E-state index in [-0.39, 0.29) is 18.4 Å². The number of carbonyl (C=O) groups is 2. The Morgan fingerprint density at radius 2 is 2.04 bits per heavy atom. The highest BCUT2D eigenvalue weighted by atomic mass is 16.2. The lowest BCUT2D eigenvalue weighted by atomic mass is 9.94. The van der Waals surface area contributed by atoms with Crippen LogP contribution in [0.1, 0.15) is 16.8 Å². The van der Waals surface area contributed by atoms with Crippen LogP contribution < -0.4 is 0 Å². The van der Waals surface area contributed by atoms with Crippen molar-refractivity contribution < 1.29 is 9.59 Å². The van der Waals surface area contributed by atoms with Gasteiger partial charge in [0.1, 0.15) is 12.6 Å². The smallest absolute Gasteiger partial charge is 0.266 e. The molecule has 0 saturated carbocycles. The number of fused-ring (bicyclic) bond motifs is 4. The van der Waals surface area contributed by atoms with Gasteiger partial charge in [0.05, 0.1) is 12.8 Å². The van der Waals surface area contributed by atoms with Crippen molar-refractivity contribution >= 4 is 28.9 Å². The van der Waals surface area contributed by atoms with E-state index < -0.39 is 6.04 Å². The van der Waals surface area contributed by atoms with Gasteiger partial charge in [-0.2, -0.15) is 5.10 Å². The predicted molar refractivity (Wildman–Crippen MR) is 99.9 cm³/mol. The van der Waals surface area contributed by atoms with Crippen molar-refractivity contribution in [1.82, 2.24) is 19.9 Å². The van der Waals surface area contributed by atoms with Crippen LogP contribution in [-0.4, -0.2) is 50.5 Å². The van der Waals surface area contributed by atoms with Crippen LogP contribution in [0, 0.1) is 0 Å². The number of para-hydroxylation sites is 1. The second-order valence-corrected chi connectivity index (χ2v) is 6.80. The first-order chi connectivity index (χ1) is 13.2. The van der Waals surface area contributed by atoms with E-state index in [0.29, 0.717) is 13.0 Å². The molecule has 3 aromatic rings. The van der Waals surface area contributed by atoms with Gasteiger partial charge in [0, 0.05) is 41.0 Å². The van der Waals surface area contributed by atoms with Crippen LogP contribution in [0.15, 0.2) is 53.9 Å². The third-order valence-corrected chi connectivity index (χ3v) is 5.18. The van der Waals surface area contributed by atoms with E-state index in [2.05, 4.69) is 15.1 Å². The summed E-state index contributed by atoms with van der Waals surface area (Å²) in [6.45, 7) is 0.390. The first-order valence-electron chi connectivity index (χ1n) is 8.84. The topological polar surface area (TPSA) is 81.7 Å². The molecular weight excluding hydrogens is 342 g/mol. The number of piperazine rings is 1. The minimum absolute atomic E-state index is 0.0400. The summed E-state index contributed by atoms with van der Waals surface area (Å²) in [6.07, 6.45) is 5.40. The number of amides is 2. The summed E-state index contributed by atoms with van der Waals surface area (Å²) in [4.78, 5) is 34.7. The second kappa shape index (κ2) is 6.05. The number of rotatable bonds is 2. The zero-order valence-electron chi connectivity index (χ0n) is 14.5. The molecule has 0 bridgehead atoms. The minimum atomic E-state index is -0.510. The van der Waals surface area contributed by atoms with E-state index in [1.54, 1.807) is 29.6 Å². The van der Waals surface area contributed by atoms with Gasteiger partial charge in [-0.05, 0) is 17.7 Å². The van der Waals surface area contributed by atoms with Gasteiger partial charge in [0.2, 0.25) is 5.91 Å². The second-order valence-electron chi connectivity index (χ2n) is 6.80. The monoisotopic (exact) mass is 359 g/mol. The lowest BCUT2D eigenvalue weighted by molar-refractivity contribution is -0.157. The fourth-order valence-electron chi connectivity index (χ4n) is 3.85. The lowest BCUT2D eigenvalue weighted by Gasteiger charge is -2.40. The number of nitrogens with one attached hydrogen (secondary N) is 1. The van der Waals surface area contributed by atoms with Crippen LogP contribution in [0.3, 0.4) is 0 Å². The summed E-state index contributed by atoms with van der Waals surface area (Å²) in [5.74, 6) is -0.238. The Morgan fingerprint density at radius 1 is 1.15 bits per heavy atom. The highest BCUT2D eigenvalue weighted by Gasteiger charge is 2.43. The number of hydrogen-bond acceptors (Lipinski definition) is 4. The third kappa shape index (κ3) is 2.59. The number of H-pyrrole nitrogens is 1. The SMILES string of the molecule is O=C1[C@H]2Cc3c([nH]c4ccccc34)CN2C(=O)CN1/N=C/c1cccnc1. The Labute approximate surface area is 155 Å². The van der Waals surface area contributed by atoms with Crippen molar-refractivity contribution in [3.8, 4) is 0 Å². The first kappa shape index (κ1) is 15.7. The lowest BCUT2D eigenvalue weighted by Crippen LogP contribution is -2.60. The summed E-state index contributed by atoms with van der Waals surface area (Å²) in [6, 6.07) is 11.2. The molecule has 1 N–H and O–H groups in total. The van der Waals surface area contributed by atoms with E-state index in [9.17, 15) is 9.59 Å². The van der Waals surface area contributed by atoms with Crippen LogP contribution in [-0.2, 0) is 22.6 Å². The van der Waals surface area contributed by atoms with E-state index in [4.69, 9.17) is 0 Å². The molecule has 0 aliphatic carbocycles. The van der Waals surface area contributed by atoms with Gasteiger partial charge in [-0.3, -0.25) is 14.6 Å². The van der Waals surface area contributed by atoms with Gasteiger partial charge in [-0.15, -0.1) is 0 Å². The number of aromatic amines is 1.